The van der Waals surface area contributed by atoms with Crippen LogP contribution in [-0.4, -0.2) is 74.9 Å². The van der Waals surface area contributed by atoms with Gasteiger partial charge in [-0.25, -0.2) is 13.4 Å². The smallest absolute Gasteiger partial charge is 0.243 e. The zero-order valence-electron chi connectivity index (χ0n) is 20.3. The highest BCUT2D eigenvalue weighted by Crippen LogP contribution is 2.34. The van der Waals surface area contributed by atoms with Crippen LogP contribution in [0.1, 0.15) is 18.4 Å². The predicted octanol–water partition coefficient (Wildman–Crippen LogP) is 4.02. The SMILES string of the molecule is COc1ccc(S(=O)(=O)N2CCCC(C(=O)N3CCN(c4nc5c(C)c(Cl)ccc5s4)CC3)C2)cc1. The van der Waals surface area contributed by atoms with Crippen LogP contribution < -0.4 is 9.64 Å². The maximum atomic E-state index is 13.4. The minimum absolute atomic E-state index is 0.0382. The molecule has 2 saturated heterocycles. The number of hydrogen-bond donors (Lipinski definition) is 0. The van der Waals surface area contributed by atoms with Gasteiger partial charge in [-0.1, -0.05) is 22.9 Å². The van der Waals surface area contributed by atoms with Crippen molar-refractivity contribution in [2.75, 3.05) is 51.3 Å². The topological polar surface area (TPSA) is 83.0 Å². The lowest BCUT2D eigenvalue weighted by Gasteiger charge is -2.38. The monoisotopic (exact) mass is 548 g/mol. The fraction of sp³-hybridized carbons (Fsp3) is 0.440. The molecular weight excluding hydrogens is 520 g/mol. The zero-order chi connectivity index (χ0) is 25.4. The van der Waals surface area contributed by atoms with Crippen LogP contribution in [0.2, 0.25) is 5.02 Å². The lowest BCUT2D eigenvalue weighted by atomic mass is 9.98. The molecule has 2 fully saturated rings. The summed E-state index contributed by atoms with van der Waals surface area (Å²) in [5.74, 6) is 0.311. The van der Waals surface area contributed by atoms with E-state index in [1.807, 2.05) is 24.0 Å². The molecule has 1 amide bonds. The molecule has 0 radical (unpaired) electrons. The Morgan fingerprint density at radius 3 is 2.50 bits per heavy atom. The number of amides is 1. The van der Waals surface area contributed by atoms with E-state index in [0.29, 0.717) is 56.3 Å². The van der Waals surface area contributed by atoms with Crippen molar-refractivity contribution in [1.29, 1.82) is 0 Å². The Morgan fingerprint density at radius 1 is 1.08 bits per heavy atom. The summed E-state index contributed by atoms with van der Waals surface area (Å²) in [7, 11) is -2.12. The van der Waals surface area contributed by atoms with E-state index in [-0.39, 0.29) is 23.3 Å². The Balaban J connectivity index is 1.22. The molecule has 5 rings (SSSR count). The number of anilines is 1. The third-order valence-corrected chi connectivity index (χ3v) is 10.4. The van der Waals surface area contributed by atoms with Gasteiger partial charge in [0.1, 0.15) is 5.75 Å². The predicted molar refractivity (Wildman–Crippen MR) is 143 cm³/mol. The number of hydrogen-bond acceptors (Lipinski definition) is 7. The second-order valence-electron chi connectivity index (χ2n) is 9.21. The highest BCUT2D eigenvalue weighted by molar-refractivity contribution is 7.89. The zero-order valence-corrected chi connectivity index (χ0v) is 22.7. The van der Waals surface area contributed by atoms with E-state index in [1.165, 1.54) is 4.31 Å². The van der Waals surface area contributed by atoms with Crippen molar-refractivity contribution in [2.24, 2.45) is 5.92 Å². The van der Waals surface area contributed by atoms with E-state index < -0.39 is 10.0 Å². The lowest BCUT2D eigenvalue weighted by molar-refractivity contribution is -0.137. The molecule has 192 valence electrons. The summed E-state index contributed by atoms with van der Waals surface area (Å²) in [4.78, 5) is 22.5. The Hall–Kier alpha value is -2.40. The molecular formula is C25H29ClN4O4S2. The van der Waals surface area contributed by atoms with E-state index >= 15 is 0 Å². The largest absolute Gasteiger partial charge is 0.497 e. The van der Waals surface area contributed by atoms with Crippen LogP contribution in [0.3, 0.4) is 0 Å². The quantitative estimate of drug-likeness (QED) is 0.479. The van der Waals surface area contributed by atoms with E-state index in [0.717, 1.165) is 20.9 Å². The van der Waals surface area contributed by atoms with Crippen molar-refractivity contribution in [3.05, 3.63) is 47.0 Å². The average Bonchev–Trinajstić information content (AvgIpc) is 3.36. The third-order valence-electron chi connectivity index (χ3n) is 7.03. The standard InChI is InChI=1S/C25H29ClN4O4S2/c1-17-21(26)9-10-22-23(17)27-25(35-22)29-14-12-28(13-15-29)24(31)18-4-3-11-30(16-18)36(32,33)20-7-5-19(34-2)6-8-20/h5-10,18H,3-4,11-16H2,1-2H3. The first kappa shape index (κ1) is 25.3. The Morgan fingerprint density at radius 2 is 1.81 bits per heavy atom. The molecule has 11 heteroatoms. The van der Waals surface area contributed by atoms with Gasteiger partial charge in [0.25, 0.3) is 0 Å². The first-order valence-electron chi connectivity index (χ1n) is 12.0. The summed E-state index contributed by atoms with van der Waals surface area (Å²) < 4.78 is 34.1. The number of piperidine rings is 1. The molecule has 8 nitrogen and oxygen atoms in total. The Labute approximate surface area is 220 Å². The molecule has 1 aromatic heterocycles. The van der Waals surface area contributed by atoms with Gasteiger partial charge in [-0.05, 0) is 61.7 Å². The number of carbonyl (C=O) groups excluding carboxylic acids is 1. The van der Waals surface area contributed by atoms with Gasteiger partial charge in [0.15, 0.2) is 5.13 Å². The maximum absolute atomic E-state index is 13.4. The van der Waals surface area contributed by atoms with Crippen molar-refractivity contribution in [1.82, 2.24) is 14.2 Å². The third kappa shape index (κ3) is 4.79. The van der Waals surface area contributed by atoms with Crippen LogP contribution in [-0.2, 0) is 14.8 Å². The van der Waals surface area contributed by atoms with Gasteiger partial charge in [-0.2, -0.15) is 4.31 Å². The molecule has 0 aliphatic carbocycles. The molecule has 1 atom stereocenters. The number of piperazine rings is 1. The first-order valence-corrected chi connectivity index (χ1v) is 14.6. The van der Waals surface area contributed by atoms with Crippen LogP contribution in [0, 0.1) is 12.8 Å². The van der Waals surface area contributed by atoms with E-state index in [1.54, 1.807) is 42.7 Å². The average molecular weight is 549 g/mol. The molecule has 0 saturated carbocycles. The number of fused-ring (bicyclic) bond motifs is 1. The number of thiazole rings is 1. The van der Waals surface area contributed by atoms with E-state index in [2.05, 4.69) is 4.90 Å². The van der Waals surface area contributed by atoms with Crippen LogP contribution >= 0.6 is 22.9 Å². The first-order chi connectivity index (χ1) is 17.3. The van der Waals surface area contributed by atoms with Gasteiger partial charge < -0.3 is 14.5 Å². The summed E-state index contributed by atoms with van der Waals surface area (Å²) in [6.07, 6.45) is 1.37. The molecule has 3 aromatic rings. The van der Waals surface area contributed by atoms with E-state index in [9.17, 15) is 13.2 Å². The second-order valence-corrected chi connectivity index (χ2v) is 12.6. The molecule has 36 heavy (non-hydrogen) atoms. The number of ether oxygens (including phenoxy) is 1. The second kappa shape index (κ2) is 10.2. The summed E-state index contributed by atoms with van der Waals surface area (Å²) in [6.45, 7) is 5.19. The van der Waals surface area contributed by atoms with Crippen molar-refractivity contribution in [2.45, 2.75) is 24.7 Å². The van der Waals surface area contributed by atoms with E-state index in [4.69, 9.17) is 21.3 Å². The van der Waals surface area contributed by atoms with Gasteiger partial charge in [-0.15, -0.1) is 0 Å². The Kier molecular flexibility index (Phi) is 7.13. The fourth-order valence-electron chi connectivity index (χ4n) is 4.86. The minimum Gasteiger partial charge on any atom is -0.497 e. The number of nitrogens with zero attached hydrogens (tertiary/aromatic N) is 4. The highest BCUT2D eigenvalue weighted by atomic mass is 35.5. The molecule has 0 N–H and O–H groups in total. The maximum Gasteiger partial charge on any atom is 0.243 e. The van der Waals surface area contributed by atoms with Crippen molar-refractivity contribution < 1.29 is 17.9 Å². The van der Waals surface area contributed by atoms with Crippen molar-refractivity contribution >= 4 is 54.2 Å². The lowest BCUT2D eigenvalue weighted by Crippen LogP contribution is -2.53. The number of aromatic nitrogens is 1. The van der Waals surface area contributed by atoms with Crippen molar-refractivity contribution in [3.63, 3.8) is 0 Å². The number of carbonyl (C=O) groups is 1. The van der Waals surface area contributed by atoms with Gasteiger partial charge in [0.2, 0.25) is 15.9 Å². The molecule has 3 heterocycles. The molecule has 0 bridgehead atoms. The fourth-order valence-corrected chi connectivity index (χ4v) is 7.61. The highest BCUT2D eigenvalue weighted by Gasteiger charge is 2.36. The van der Waals surface area contributed by atoms with Gasteiger partial charge >= 0.3 is 0 Å². The summed E-state index contributed by atoms with van der Waals surface area (Å²) in [6, 6.07) is 10.3. The van der Waals surface area contributed by atoms with Crippen molar-refractivity contribution in [3.8, 4) is 5.75 Å². The van der Waals surface area contributed by atoms with Gasteiger partial charge in [-0.3, -0.25) is 4.79 Å². The van der Waals surface area contributed by atoms with Crippen LogP contribution in [0.4, 0.5) is 5.13 Å². The number of sulfonamides is 1. The summed E-state index contributed by atoms with van der Waals surface area (Å²) >= 11 is 7.90. The van der Waals surface area contributed by atoms with Crippen LogP contribution in [0.25, 0.3) is 10.2 Å². The number of halogens is 1. The molecule has 2 aliphatic rings. The summed E-state index contributed by atoms with van der Waals surface area (Å²) in [5.41, 5.74) is 1.92. The number of benzene rings is 2. The summed E-state index contributed by atoms with van der Waals surface area (Å²) in [5, 5.41) is 1.65. The molecule has 2 aromatic carbocycles. The minimum atomic E-state index is -3.67. The molecule has 2 aliphatic heterocycles. The number of rotatable bonds is 5. The van der Waals surface area contributed by atoms with Crippen LogP contribution in [0.5, 0.6) is 5.75 Å². The van der Waals surface area contributed by atoms with Crippen LogP contribution in [0.15, 0.2) is 41.3 Å². The number of methoxy groups -OCH3 is 1. The normalized spacial score (nSPS) is 19.6. The molecule has 1 unspecified atom stereocenters. The Bertz CT molecular complexity index is 1370. The van der Waals surface area contributed by atoms with Gasteiger partial charge in [0.05, 0.1) is 28.1 Å². The number of aryl methyl sites for hydroxylation is 1. The molecule has 0 spiro atoms. The van der Waals surface area contributed by atoms with Gasteiger partial charge in [0, 0.05) is 44.3 Å².